The number of halogens is 1. The van der Waals surface area contributed by atoms with Gasteiger partial charge in [0.05, 0.1) is 17.5 Å². The van der Waals surface area contributed by atoms with E-state index in [4.69, 9.17) is 21.1 Å². The molecule has 0 saturated heterocycles. The Morgan fingerprint density at radius 1 is 1.50 bits per heavy atom. The summed E-state index contributed by atoms with van der Waals surface area (Å²) in [7, 11) is 0. The first kappa shape index (κ1) is 12.7. The molecule has 0 aromatic carbocycles. The summed E-state index contributed by atoms with van der Waals surface area (Å²) in [6.07, 6.45) is 1.29. The predicted molar refractivity (Wildman–Crippen MR) is 67.7 cm³/mol. The molecule has 0 atom stereocenters. The fraction of sp³-hybridized carbons (Fsp3) is 0.0909. The van der Waals surface area contributed by atoms with Crippen LogP contribution in [0.15, 0.2) is 22.1 Å². The summed E-state index contributed by atoms with van der Waals surface area (Å²) in [6, 6.07) is 1.42. The number of anilines is 1. The van der Waals surface area contributed by atoms with Crippen LogP contribution in [0.4, 0.5) is 5.69 Å². The van der Waals surface area contributed by atoms with Gasteiger partial charge in [-0.1, -0.05) is 0 Å². The van der Waals surface area contributed by atoms with Crippen LogP contribution < -0.4 is 5.32 Å². The van der Waals surface area contributed by atoms with Gasteiger partial charge in [0.1, 0.15) is 4.88 Å². The normalized spacial score (nSPS) is 10.3. The molecule has 0 bridgehead atoms. The highest BCUT2D eigenvalue weighted by Gasteiger charge is 2.20. The first-order valence-corrected chi connectivity index (χ1v) is 6.12. The van der Waals surface area contributed by atoms with Crippen molar-refractivity contribution in [2.24, 2.45) is 0 Å². The number of furan rings is 1. The van der Waals surface area contributed by atoms with Crippen LogP contribution in [0, 0.1) is 6.92 Å². The van der Waals surface area contributed by atoms with E-state index >= 15 is 0 Å². The molecule has 18 heavy (non-hydrogen) atoms. The van der Waals surface area contributed by atoms with E-state index < -0.39 is 11.9 Å². The lowest BCUT2D eigenvalue weighted by molar-refractivity contribution is 0.0703. The monoisotopic (exact) mass is 285 g/mol. The molecule has 2 heterocycles. The average molecular weight is 286 g/mol. The van der Waals surface area contributed by atoms with Crippen LogP contribution in [-0.4, -0.2) is 17.0 Å². The maximum absolute atomic E-state index is 11.9. The Labute approximate surface area is 111 Å². The first-order valence-electron chi connectivity index (χ1n) is 4.86. The van der Waals surface area contributed by atoms with Gasteiger partial charge in [-0.2, -0.15) is 0 Å². The van der Waals surface area contributed by atoms with E-state index in [0.29, 0.717) is 5.56 Å². The second-order valence-electron chi connectivity index (χ2n) is 3.49. The topological polar surface area (TPSA) is 79.5 Å². The zero-order chi connectivity index (χ0) is 13.3. The summed E-state index contributed by atoms with van der Waals surface area (Å²) < 4.78 is 4.80. The Hall–Kier alpha value is -1.79. The van der Waals surface area contributed by atoms with Crippen LogP contribution in [-0.2, 0) is 0 Å². The number of nitrogens with one attached hydrogen (secondary N) is 1. The number of carboxylic acid groups (broad SMARTS) is 1. The van der Waals surface area contributed by atoms with Crippen molar-refractivity contribution in [3.8, 4) is 0 Å². The van der Waals surface area contributed by atoms with Crippen LogP contribution in [0.25, 0.3) is 0 Å². The highest BCUT2D eigenvalue weighted by molar-refractivity contribution is 7.12. The van der Waals surface area contributed by atoms with Crippen molar-refractivity contribution in [3.05, 3.63) is 38.9 Å². The third-order valence-corrected chi connectivity index (χ3v) is 3.65. The highest BCUT2D eigenvalue weighted by Crippen LogP contribution is 2.28. The van der Waals surface area contributed by atoms with Gasteiger partial charge in [-0.3, -0.25) is 4.79 Å². The van der Waals surface area contributed by atoms with Crippen LogP contribution in [0.3, 0.4) is 0 Å². The summed E-state index contributed by atoms with van der Waals surface area (Å²) in [5, 5.41) is 13.2. The van der Waals surface area contributed by atoms with Crippen molar-refractivity contribution in [3.63, 3.8) is 0 Å². The number of aromatic carboxylic acids is 1. The molecule has 7 heteroatoms. The number of carbonyl (C=O) groups is 2. The molecule has 0 aliphatic heterocycles. The molecule has 0 aliphatic rings. The molecule has 5 nitrogen and oxygen atoms in total. The van der Waals surface area contributed by atoms with Gasteiger partial charge < -0.3 is 14.8 Å². The van der Waals surface area contributed by atoms with Gasteiger partial charge in [0, 0.05) is 0 Å². The number of aryl methyl sites for hydroxylation is 1. The predicted octanol–water partition coefficient (Wildman–Crippen LogP) is 3.25. The van der Waals surface area contributed by atoms with Crippen LogP contribution in [0.2, 0.25) is 5.22 Å². The zero-order valence-electron chi connectivity index (χ0n) is 9.19. The summed E-state index contributed by atoms with van der Waals surface area (Å²) >= 11 is 6.73. The zero-order valence-corrected chi connectivity index (χ0v) is 10.8. The maximum atomic E-state index is 11.9. The Morgan fingerprint density at radius 2 is 2.22 bits per heavy atom. The number of carboxylic acids is 1. The van der Waals surface area contributed by atoms with Crippen LogP contribution in [0.1, 0.15) is 25.6 Å². The van der Waals surface area contributed by atoms with Gasteiger partial charge in [0.25, 0.3) is 5.91 Å². The molecule has 2 aromatic rings. The molecule has 0 unspecified atom stereocenters. The minimum absolute atomic E-state index is 0.0303. The van der Waals surface area contributed by atoms with Gasteiger partial charge in [0.15, 0.2) is 0 Å². The molecule has 0 radical (unpaired) electrons. The largest absolute Gasteiger partial charge is 0.477 e. The maximum Gasteiger partial charge on any atom is 0.348 e. The molecule has 2 N–H and O–H groups in total. The summed E-state index contributed by atoms with van der Waals surface area (Å²) in [5.41, 5.74) is 1.14. The minimum Gasteiger partial charge on any atom is -0.477 e. The number of rotatable bonds is 3. The fourth-order valence-electron chi connectivity index (χ4n) is 1.39. The number of hydrogen-bond donors (Lipinski definition) is 2. The summed E-state index contributed by atoms with van der Waals surface area (Å²) in [5.74, 6) is -1.58. The lowest BCUT2D eigenvalue weighted by Gasteiger charge is -2.04. The minimum atomic E-state index is -1.08. The van der Waals surface area contributed by atoms with E-state index in [0.717, 1.165) is 11.3 Å². The first-order chi connectivity index (χ1) is 8.50. The number of amides is 1. The average Bonchev–Trinajstić information content (AvgIpc) is 2.86. The number of hydrogen-bond acceptors (Lipinski definition) is 4. The fourth-order valence-corrected chi connectivity index (χ4v) is 2.44. The van der Waals surface area contributed by atoms with Crippen molar-refractivity contribution in [2.75, 3.05) is 5.32 Å². The number of carbonyl (C=O) groups excluding carboxylic acids is 1. The third kappa shape index (κ3) is 2.25. The molecule has 0 aliphatic carbocycles. The van der Waals surface area contributed by atoms with Crippen LogP contribution >= 0.6 is 22.9 Å². The van der Waals surface area contributed by atoms with Gasteiger partial charge in [0.2, 0.25) is 5.22 Å². The van der Waals surface area contributed by atoms with Crippen LogP contribution in [0.5, 0.6) is 0 Å². The van der Waals surface area contributed by atoms with E-state index in [9.17, 15) is 9.59 Å². The molecule has 94 valence electrons. The van der Waals surface area contributed by atoms with Crippen molar-refractivity contribution in [1.29, 1.82) is 0 Å². The van der Waals surface area contributed by atoms with E-state index in [1.54, 1.807) is 12.3 Å². The quantitative estimate of drug-likeness (QED) is 0.907. The lowest BCUT2D eigenvalue weighted by Crippen LogP contribution is -2.13. The van der Waals surface area contributed by atoms with E-state index in [2.05, 4.69) is 5.32 Å². The SMILES string of the molecule is Cc1csc(C(=O)O)c1NC(=O)c1ccoc1Cl. The van der Waals surface area contributed by atoms with E-state index in [1.807, 2.05) is 0 Å². The van der Waals surface area contributed by atoms with Gasteiger partial charge in [-0.25, -0.2) is 4.79 Å². The molecule has 0 fully saturated rings. The van der Waals surface area contributed by atoms with Crippen molar-refractivity contribution in [1.82, 2.24) is 0 Å². The van der Waals surface area contributed by atoms with Gasteiger partial charge >= 0.3 is 5.97 Å². The van der Waals surface area contributed by atoms with Crippen molar-refractivity contribution >= 4 is 40.5 Å². The molecular weight excluding hydrogens is 278 g/mol. The lowest BCUT2D eigenvalue weighted by atomic mass is 10.2. The van der Waals surface area contributed by atoms with Crippen molar-refractivity contribution < 1.29 is 19.1 Å². The summed E-state index contributed by atoms with van der Waals surface area (Å²) in [4.78, 5) is 22.9. The second kappa shape index (κ2) is 4.83. The molecular formula is C11H8ClNO4S. The van der Waals surface area contributed by atoms with E-state index in [-0.39, 0.29) is 21.3 Å². The Kier molecular flexibility index (Phi) is 3.40. The van der Waals surface area contributed by atoms with Crippen molar-refractivity contribution in [2.45, 2.75) is 6.92 Å². The van der Waals surface area contributed by atoms with Gasteiger partial charge in [-0.05, 0) is 35.5 Å². The Balaban J connectivity index is 2.30. The molecule has 1 amide bonds. The molecule has 2 aromatic heterocycles. The Bertz CT molecular complexity index is 616. The molecule has 0 saturated carbocycles. The Morgan fingerprint density at radius 3 is 2.78 bits per heavy atom. The summed E-state index contributed by atoms with van der Waals surface area (Å²) in [6.45, 7) is 1.72. The standard InChI is InChI=1S/C11H8ClNO4S/c1-5-4-18-8(11(15)16)7(5)13-10(14)6-2-3-17-9(6)12/h2-4H,1H3,(H,13,14)(H,15,16). The van der Waals surface area contributed by atoms with Gasteiger partial charge in [-0.15, -0.1) is 11.3 Å². The molecule has 0 spiro atoms. The highest BCUT2D eigenvalue weighted by atomic mass is 35.5. The third-order valence-electron chi connectivity index (χ3n) is 2.27. The second-order valence-corrected chi connectivity index (χ2v) is 4.71. The van der Waals surface area contributed by atoms with E-state index in [1.165, 1.54) is 12.3 Å². The smallest absolute Gasteiger partial charge is 0.348 e. The molecule has 2 rings (SSSR count). The number of thiophene rings is 1.